The van der Waals surface area contributed by atoms with Gasteiger partial charge in [-0.25, -0.2) is 17.6 Å². The number of carboxylic acids is 1. The molecule has 32 heavy (non-hydrogen) atoms. The molecule has 3 aliphatic rings. The van der Waals surface area contributed by atoms with Crippen LogP contribution in [0.2, 0.25) is 0 Å². The molecule has 2 aromatic rings. The number of ether oxygens (including phenoxy) is 1. The minimum atomic E-state index is -4.20. The van der Waals surface area contributed by atoms with Crippen molar-refractivity contribution in [2.75, 3.05) is 17.9 Å². The molecule has 2 aromatic carbocycles. The molecule has 5 rings (SSSR count). The van der Waals surface area contributed by atoms with Gasteiger partial charge in [0.15, 0.2) is 0 Å². The van der Waals surface area contributed by atoms with Crippen molar-refractivity contribution in [3.05, 3.63) is 58.9 Å². The number of halogens is 1. The number of benzene rings is 2. The van der Waals surface area contributed by atoms with Crippen LogP contribution in [-0.2, 0) is 10.0 Å². The van der Waals surface area contributed by atoms with Crippen molar-refractivity contribution in [1.82, 2.24) is 5.32 Å². The highest BCUT2D eigenvalue weighted by atomic mass is 32.2. The number of carboxylic acid groups (broad SMARTS) is 1. The zero-order valence-electron chi connectivity index (χ0n) is 17.2. The van der Waals surface area contributed by atoms with E-state index in [0.717, 1.165) is 43.5 Å². The largest absolute Gasteiger partial charge is 0.492 e. The SMILES string of the molecule is O=C(O)c1c(NS(=O)(=O)c2ccc(F)cc2C=CC2CCCN2)ccc2c1OC[C@@H]1C[C@H]21. The van der Waals surface area contributed by atoms with Gasteiger partial charge in [0.1, 0.15) is 17.1 Å². The van der Waals surface area contributed by atoms with Crippen molar-refractivity contribution in [2.45, 2.75) is 36.1 Å². The predicted octanol–water partition coefficient (Wildman–Crippen LogP) is 3.59. The fourth-order valence-corrected chi connectivity index (χ4v) is 5.79. The molecule has 0 spiro atoms. The summed E-state index contributed by atoms with van der Waals surface area (Å²) in [6, 6.07) is 6.70. The van der Waals surface area contributed by atoms with Gasteiger partial charge in [-0.15, -0.1) is 0 Å². The van der Waals surface area contributed by atoms with E-state index in [0.29, 0.717) is 12.5 Å². The molecule has 2 heterocycles. The van der Waals surface area contributed by atoms with Crippen LogP contribution in [0.25, 0.3) is 6.08 Å². The lowest BCUT2D eigenvalue weighted by Gasteiger charge is -2.21. The smallest absolute Gasteiger partial charge is 0.341 e. The highest BCUT2D eigenvalue weighted by Crippen LogP contribution is 2.55. The van der Waals surface area contributed by atoms with Gasteiger partial charge in [-0.1, -0.05) is 18.2 Å². The van der Waals surface area contributed by atoms with Crippen molar-refractivity contribution in [2.24, 2.45) is 5.92 Å². The Hall–Kier alpha value is -2.91. The van der Waals surface area contributed by atoms with Gasteiger partial charge in [-0.2, -0.15) is 0 Å². The average molecular weight is 459 g/mol. The number of carbonyl (C=O) groups is 1. The first-order valence-electron chi connectivity index (χ1n) is 10.6. The van der Waals surface area contributed by atoms with Gasteiger partial charge in [0.25, 0.3) is 10.0 Å². The highest BCUT2D eigenvalue weighted by molar-refractivity contribution is 7.92. The summed E-state index contributed by atoms with van der Waals surface area (Å²) in [5.74, 6) is -0.946. The lowest BCUT2D eigenvalue weighted by atomic mass is 10.0. The molecule has 2 aliphatic heterocycles. The van der Waals surface area contributed by atoms with E-state index in [-0.39, 0.29) is 39.4 Å². The molecular formula is C23H23FN2O5S. The summed E-state index contributed by atoms with van der Waals surface area (Å²) in [6.07, 6.45) is 6.29. The van der Waals surface area contributed by atoms with Crippen LogP contribution in [0.1, 0.15) is 46.7 Å². The second kappa shape index (κ2) is 7.90. The summed E-state index contributed by atoms with van der Waals surface area (Å²) in [5, 5.41) is 13.1. The van der Waals surface area contributed by atoms with Gasteiger partial charge < -0.3 is 15.2 Å². The fraction of sp³-hybridized carbons (Fsp3) is 0.348. The highest BCUT2D eigenvalue weighted by Gasteiger charge is 2.45. The Morgan fingerprint density at radius 3 is 2.88 bits per heavy atom. The second-order valence-electron chi connectivity index (χ2n) is 8.47. The lowest BCUT2D eigenvalue weighted by molar-refractivity contribution is 0.0692. The summed E-state index contributed by atoms with van der Waals surface area (Å²) in [4.78, 5) is 11.9. The molecule has 2 fully saturated rings. The number of hydrogen-bond donors (Lipinski definition) is 3. The number of rotatable bonds is 6. The van der Waals surface area contributed by atoms with E-state index in [9.17, 15) is 22.7 Å². The van der Waals surface area contributed by atoms with Gasteiger partial charge in [0.05, 0.1) is 17.2 Å². The Morgan fingerprint density at radius 1 is 1.28 bits per heavy atom. The van der Waals surface area contributed by atoms with E-state index in [1.807, 2.05) is 6.08 Å². The predicted molar refractivity (Wildman–Crippen MR) is 117 cm³/mol. The number of sulfonamides is 1. The number of anilines is 1. The van der Waals surface area contributed by atoms with E-state index in [4.69, 9.17) is 4.74 Å². The van der Waals surface area contributed by atoms with Crippen LogP contribution in [0.4, 0.5) is 10.1 Å². The monoisotopic (exact) mass is 458 g/mol. The Morgan fingerprint density at radius 2 is 2.12 bits per heavy atom. The van der Waals surface area contributed by atoms with E-state index in [2.05, 4.69) is 10.0 Å². The van der Waals surface area contributed by atoms with Crippen molar-refractivity contribution < 1.29 is 27.4 Å². The maximum Gasteiger partial charge on any atom is 0.341 e. The van der Waals surface area contributed by atoms with Crippen LogP contribution in [0.15, 0.2) is 41.3 Å². The number of aromatic carboxylic acids is 1. The molecule has 7 nitrogen and oxygen atoms in total. The molecule has 9 heteroatoms. The molecule has 1 saturated carbocycles. The van der Waals surface area contributed by atoms with Crippen LogP contribution < -0.4 is 14.8 Å². The van der Waals surface area contributed by atoms with Crippen LogP contribution in [0.5, 0.6) is 5.75 Å². The molecule has 168 valence electrons. The standard InChI is InChI=1S/C23H23FN2O5S/c24-15-4-8-20(13(10-15)3-5-16-2-1-9-25-16)32(29,30)26-19-7-6-17-18-11-14(18)12-31-22(17)21(19)23(27)28/h3-8,10,14,16,18,25-26H,1-2,9,11-12H2,(H,27,28)/t14-,16?,18-/m0/s1. The van der Waals surface area contributed by atoms with Gasteiger partial charge >= 0.3 is 5.97 Å². The third-order valence-corrected chi connectivity index (χ3v) is 7.72. The quantitative estimate of drug-likeness (QED) is 0.611. The Bertz CT molecular complexity index is 1220. The van der Waals surface area contributed by atoms with Crippen LogP contribution in [0.3, 0.4) is 0 Å². The van der Waals surface area contributed by atoms with Crippen molar-refractivity contribution >= 4 is 27.8 Å². The molecule has 1 saturated heterocycles. The minimum absolute atomic E-state index is 0.0768. The normalized spacial score (nSPS) is 24.0. The number of fused-ring (bicyclic) bond motifs is 3. The summed E-state index contributed by atoms with van der Waals surface area (Å²) < 4.78 is 48.4. The Labute approximate surface area is 185 Å². The molecular weight excluding hydrogens is 435 g/mol. The molecule has 3 atom stereocenters. The average Bonchev–Trinajstić information content (AvgIpc) is 3.36. The van der Waals surface area contributed by atoms with Crippen LogP contribution in [0, 0.1) is 11.7 Å². The first-order valence-corrected chi connectivity index (χ1v) is 12.1. The molecule has 3 N–H and O–H groups in total. The summed E-state index contributed by atoms with van der Waals surface area (Å²) in [5.41, 5.74) is 0.715. The van der Waals surface area contributed by atoms with E-state index >= 15 is 0 Å². The van der Waals surface area contributed by atoms with Gasteiger partial charge in [0, 0.05) is 12.0 Å². The number of nitrogens with one attached hydrogen (secondary N) is 2. The first-order chi connectivity index (χ1) is 15.3. The molecule has 0 aromatic heterocycles. The van der Waals surface area contributed by atoms with Gasteiger partial charge in [-0.3, -0.25) is 4.72 Å². The summed E-state index contributed by atoms with van der Waals surface area (Å²) >= 11 is 0. The van der Waals surface area contributed by atoms with Crippen molar-refractivity contribution in [1.29, 1.82) is 0 Å². The maximum absolute atomic E-state index is 13.9. The van der Waals surface area contributed by atoms with Crippen LogP contribution in [-0.4, -0.2) is 38.7 Å². The van der Waals surface area contributed by atoms with Gasteiger partial charge in [-0.05, 0) is 67.1 Å². The lowest BCUT2D eigenvalue weighted by Crippen LogP contribution is -2.20. The van der Waals surface area contributed by atoms with E-state index in [1.54, 1.807) is 12.1 Å². The zero-order valence-corrected chi connectivity index (χ0v) is 18.0. The maximum atomic E-state index is 13.9. The number of hydrogen-bond acceptors (Lipinski definition) is 5. The summed E-state index contributed by atoms with van der Waals surface area (Å²) in [7, 11) is -4.20. The first kappa shape index (κ1) is 21.0. The second-order valence-corrected chi connectivity index (χ2v) is 10.1. The third kappa shape index (κ3) is 3.86. The topological polar surface area (TPSA) is 105 Å². The zero-order chi connectivity index (χ0) is 22.5. The molecule has 0 radical (unpaired) electrons. The van der Waals surface area contributed by atoms with Crippen LogP contribution >= 0.6 is 0 Å². The Balaban J connectivity index is 1.51. The van der Waals surface area contributed by atoms with Crippen molar-refractivity contribution in [3.8, 4) is 5.75 Å². The molecule has 0 amide bonds. The Kier molecular flexibility index (Phi) is 5.17. The molecule has 1 aliphatic carbocycles. The van der Waals surface area contributed by atoms with E-state index < -0.39 is 21.8 Å². The minimum Gasteiger partial charge on any atom is -0.492 e. The third-order valence-electron chi connectivity index (χ3n) is 6.28. The van der Waals surface area contributed by atoms with Gasteiger partial charge in [0.2, 0.25) is 0 Å². The molecule has 0 bridgehead atoms. The van der Waals surface area contributed by atoms with Crippen molar-refractivity contribution in [3.63, 3.8) is 0 Å². The molecule has 1 unspecified atom stereocenters. The fourth-order valence-electron chi connectivity index (χ4n) is 4.54. The van der Waals surface area contributed by atoms with E-state index in [1.165, 1.54) is 12.1 Å². The summed E-state index contributed by atoms with van der Waals surface area (Å²) in [6.45, 7) is 1.31.